The van der Waals surface area contributed by atoms with E-state index in [0.717, 1.165) is 56.5 Å². The van der Waals surface area contributed by atoms with Gasteiger partial charge in [0.15, 0.2) is 0 Å². The number of rotatable bonds is 5. The number of likely N-dealkylation sites (tertiary alicyclic amines) is 1. The van der Waals surface area contributed by atoms with Crippen LogP contribution in [0.3, 0.4) is 0 Å². The van der Waals surface area contributed by atoms with Crippen molar-refractivity contribution in [2.45, 2.75) is 57.2 Å². The van der Waals surface area contributed by atoms with Crippen LogP contribution in [-0.4, -0.2) is 23.9 Å². The fourth-order valence-corrected chi connectivity index (χ4v) is 5.42. The average Bonchev–Trinajstić information content (AvgIpc) is 2.69. The molecule has 0 radical (unpaired) electrons. The molecule has 1 unspecified atom stereocenters. The third-order valence-corrected chi connectivity index (χ3v) is 6.66. The molecule has 2 aromatic rings. The Kier molecular flexibility index (Phi) is 5.70. The number of benzene rings is 2. The molecule has 0 amide bonds. The van der Waals surface area contributed by atoms with E-state index in [1.165, 1.54) is 16.5 Å². The van der Waals surface area contributed by atoms with E-state index in [-0.39, 0.29) is 17.8 Å². The summed E-state index contributed by atoms with van der Waals surface area (Å²) in [4.78, 5) is 1.40. The van der Waals surface area contributed by atoms with Gasteiger partial charge in [-0.1, -0.05) is 37.1 Å². The quantitative estimate of drug-likeness (QED) is 0.825. The summed E-state index contributed by atoms with van der Waals surface area (Å²) in [6.07, 6.45) is 5.00. The van der Waals surface area contributed by atoms with Crippen LogP contribution in [0.25, 0.3) is 0 Å². The van der Waals surface area contributed by atoms with E-state index in [1.54, 1.807) is 12.1 Å². The van der Waals surface area contributed by atoms with Crippen molar-refractivity contribution in [1.29, 1.82) is 0 Å². The van der Waals surface area contributed by atoms with Gasteiger partial charge in [-0.25, -0.2) is 4.39 Å². The number of nitrogens with one attached hydrogen (secondary N) is 1. The van der Waals surface area contributed by atoms with Gasteiger partial charge in [0.05, 0.1) is 24.3 Å². The second kappa shape index (κ2) is 8.22. The van der Waals surface area contributed by atoms with Gasteiger partial charge in [-0.2, -0.15) is 0 Å². The molecule has 3 nitrogen and oxygen atoms in total. The molecular weight excluding hydrogens is 353 g/mol. The van der Waals surface area contributed by atoms with E-state index in [1.807, 2.05) is 25.1 Å². The molecule has 4 heteroatoms. The minimum Gasteiger partial charge on any atom is -0.493 e. The first-order valence-electron chi connectivity index (χ1n) is 10.6. The standard InChI is InChI=1S/C24H30FNO2/c1-2-28-22-12-4-3-10-20(22)23-21-11-5-6-13-24(21,27)14-15-26(23)17-18-8-7-9-19(25)16-18/h3-4,7-10,12,16,21,23,27H,2,5-6,11,13-15,17H2,1H3/p+1/t21-,23+,24-/m0/s1. The van der Waals surface area contributed by atoms with Crippen molar-refractivity contribution in [1.82, 2.24) is 0 Å². The molecule has 4 atom stereocenters. The summed E-state index contributed by atoms with van der Waals surface area (Å²) < 4.78 is 19.7. The number of hydrogen-bond acceptors (Lipinski definition) is 2. The molecule has 2 aromatic carbocycles. The highest BCUT2D eigenvalue weighted by atomic mass is 19.1. The second-order valence-electron chi connectivity index (χ2n) is 8.37. The third kappa shape index (κ3) is 3.81. The molecule has 2 N–H and O–H groups in total. The largest absolute Gasteiger partial charge is 0.493 e. The summed E-state index contributed by atoms with van der Waals surface area (Å²) in [5.41, 5.74) is 1.60. The van der Waals surface area contributed by atoms with Crippen LogP contribution in [0.2, 0.25) is 0 Å². The summed E-state index contributed by atoms with van der Waals surface area (Å²) in [5, 5.41) is 11.5. The van der Waals surface area contributed by atoms with E-state index in [9.17, 15) is 9.50 Å². The molecule has 1 heterocycles. The Balaban J connectivity index is 1.72. The Morgan fingerprint density at radius 1 is 1.14 bits per heavy atom. The van der Waals surface area contributed by atoms with Crippen LogP contribution < -0.4 is 9.64 Å². The van der Waals surface area contributed by atoms with Gasteiger partial charge in [0, 0.05) is 17.9 Å². The van der Waals surface area contributed by atoms with E-state index in [4.69, 9.17) is 4.74 Å². The lowest BCUT2D eigenvalue weighted by Gasteiger charge is -2.50. The predicted octanol–water partition coefficient (Wildman–Crippen LogP) is 3.68. The number of aliphatic hydroxyl groups is 1. The molecule has 150 valence electrons. The average molecular weight is 385 g/mol. The monoisotopic (exact) mass is 384 g/mol. The van der Waals surface area contributed by atoms with Crippen LogP contribution >= 0.6 is 0 Å². The fourth-order valence-electron chi connectivity index (χ4n) is 5.42. The van der Waals surface area contributed by atoms with Crippen molar-refractivity contribution in [3.05, 3.63) is 65.5 Å². The molecule has 0 aromatic heterocycles. The molecule has 0 bridgehead atoms. The van der Waals surface area contributed by atoms with Gasteiger partial charge in [-0.15, -0.1) is 0 Å². The smallest absolute Gasteiger partial charge is 0.128 e. The first kappa shape index (κ1) is 19.4. The molecule has 1 aliphatic carbocycles. The van der Waals surface area contributed by atoms with Gasteiger partial charge in [0.25, 0.3) is 0 Å². The van der Waals surface area contributed by atoms with Gasteiger partial charge >= 0.3 is 0 Å². The number of piperidine rings is 1. The highest BCUT2D eigenvalue weighted by molar-refractivity contribution is 5.36. The van der Waals surface area contributed by atoms with E-state index < -0.39 is 5.60 Å². The summed E-state index contributed by atoms with van der Waals surface area (Å²) in [6.45, 7) is 4.27. The topological polar surface area (TPSA) is 33.9 Å². The van der Waals surface area contributed by atoms with Crippen molar-refractivity contribution in [3.63, 3.8) is 0 Å². The lowest BCUT2D eigenvalue weighted by Crippen LogP contribution is -3.13. The first-order valence-corrected chi connectivity index (χ1v) is 10.6. The molecule has 2 aliphatic rings. The van der Waals surface area contributed by atoms with Crippen molar-refractivity contribution in [2.24, 2.45) is 5.92 Å². The van der Waals surface area contributed by atoms with Crippen molar-refractivity contribution >= 4 is 0 Å². The van der Waals surface area contributed by atoms with Crippen LogP contribution in [0.15, 0.2) is 48.5 Å². The maximum Gasteiger partial charge on any atom is 0.128 e. The molecule has 1 aliphatic heterocycles. The summed E-state index contributed by atoms with van der Waals surface area (Å²) in [7, 11) is 0. The van der Waals surface area contributed by atoms with Gasteiger partial charge in [-0.3, -0.25) is 0 Å². The Bertz CT molecular complexity index is 811. The summed E-state index contributed by atoms with van der Waals surface area (Å²) in [6, 6.07) is 15.3. The normalized spacial score (nSPS) is 29.9. The Labute approximate surface area is 167 Å². The molecule has 2 fully saturated rings. The third-order valence-electron chi connectivity index (χ3n) is 6.66. The maximum atomic E-state index is 13.8. The van der Waals surface area contributed by atoms with Crippen LogP contribution in [0.1, 0.15) is 56.2 Å². The lowest BCUT2D eigenvalue weighted by atomic mass is 9.66. The molecule has 0 spiro atoms. The van der Waals surface area contributed by atoms with Crippen molar-refractivity contribution in [3.8, 4) is 5.75 Å². The van der Waals surface area contributed by atoms with Crippen LogP contribution in [0, 0.1) is 11.7 Å². The van der Waals surface area contributed by atoms with Crippen LogP contribution in [0.4, 0.5) is 4.39 Å². The number of para-hydroxylation sites is 1. The van der Waals surface area contributed by atoms with Crippen LogP contribution in [-0.2, 0) is 6.54 Å². The molecule has 1 saturated carbocycles. The zero-order valence-electron chi connectivity index (χ0n) is 16.7. The molecular formula is C24H31FNO2+. The van der Waals surface area contributed by atoms with E-state index >= 15 is 0 Å². The van der Waals surface area contributed by atoms with Gasteiger partial charge in [-0.05, 0) is 44.0 Å². The van der Waals surface area contributed by atoms with E-state index in [0.29, 0.717) is 6.61 Å². The Morgan fingerprint density at radius 3 is 2.82 bits per heavy atom. The molecule has 28 heavy (non-hydrogen) atoms. The van der Waals surface area contributed by atoms with Gasteiger partial charge in [0.2, 0.25) is 0 Å². The number of fused-ring (bicyclic) bond motifs is 1. The molecule has 4 rings (SSSR count). The fraction of sp³-hybridized carbons (Fsp3) is 0.500. The zero-order valence-corrected chi connectivity index (χ0v) is 16.7. The van der Waals surface area contributed by atoms with Crippen LogP contribution in [0.5, 0.6) is 5.75 Å². The number of ether oxygens (including phenoxy) is 1. The Morgan fingerprint density at radius 2 is 2.00 bits per heavy atom. The number of quaternary nitrogens is 1. The summed E-state index contributed by atoms with van der Waals surface area (Å²) >= 11 is 0. The second-order valence-corrected chi connectivity index (χ2v) is 8.37. The highest BCUT2D eigenvalue weighted by Gasteiger charge is 2.52. The van der Waals surface area contributed by atoms with Crippen molar-refractivity contribution < 1.29 is 19.1 Å². The van der Waals surface area contributed by atoms with Crippen molar-refractivity contribution in [2.75, 3.05) is 13.2 Å². The first-order chi connectivity index (χ1) is 13.6. The Hall–Kier alpha value is -1.91. The number of hydrogen-bond donors (Lipinski definition) is 2. The summed E-state index contributed by atoms with van der Waals surface area (Å²) in [5.74, 6) is 0.941. The zero-order chi connectivity index (χ0) is 19.6. The minimum atomic E-state index is -0.590. The molecule has 1 saturated heterocycles. The maximum absolute atomic E-state index is 13.8. The lowest BCUT2D eigenvalue weighted by molar-refractivity contribution is -0.958. The minimum absolute atomic E-state index is 0.157. The predicted molar refractivity (Wildman–Crippen MR) is 108 cm³/mol. The van der Waals surface area contributed by atoms with E-state index in [2.05, 4.69) is 12.1 Å². The SMILES string of the molecule is CCOc1ccccc1[C@@H]1[C@@H]2CCCC[C@]2(O)CC[NH+]1Cc1cccc(F)c1. The van der Waals surface area contributed by atoms with Gasteiger partial charge in [0.1, 0.15) is 24.2 Å². The number of halogens is 1. The van der Waals surface area contributed by atoms with Gasteiger partial charge < -0.3 is 14.7 Å². The highest BCUT2D eigenvalue weighted by Crippen LogP contribution is 2.45.